The fourth-order valence-electron chi connectivity index (χ4n) is 1.50. The first-order chi connectivity index (χ1) is 9.54. The summed E-state index contributed by atoms with van der Waals surface area (Å²) in [4.78, 5) is 22.1. The van der Waals surface area contributed by atoms with Crippen LogP contribution in [-0.4, -0.2) is 36.9 Å². The molecule has 0 unspecified atom stereocenters. The molecule has 0 aliphatic carbocycles. The van der Waals surface area contributed by atoms with Gasteiger partial charge in [-0.3, -0.25) is 4.79 Å². The Labute approximate surface area is 116 Å². The molecule has 2 amide bonds. The first kappa shape index (κ1) is 15.5. The zero-order chi connectivity index (χ0) is 15.0. The van der Waals surface area contributed by atoms with Gasteiger partial charge in [-0.1, -0.05) is 11.8 Å². The second kappa shape index (κ2) is 7.81. The average molecular weight is 276 g/mol. The minimum atomic E-state index is -0.873. The van der Waals surface area contributed by atoms with Crippen molar-refractivity contribution in [2.24, 2.45) is 5.73 Å². The number of ether oxygens (including phenoxy) is 1. The molecule has 0 bridgehead atoms. The maximum atomic E-state index is 11.8. The smallest absolute Gasteiger partial charge is 0.404 e. The molecule has 0 radical (unpaired) electrons. The Kier molecular flexibility index (Phi) is 6.07. The number of amides is 2. The van der Waals surface area contributed by atoms with Crippen molar-refractivity contribution in [2.45, 2.75) is 6.92 Å². The molecule has 0 heterocycles. The summed E-state index contributed by atoms with van der Waals surface area (Å²) in [6.45, 7) is 1.84. The fourth-order valence-corrected chi connectivity index (χ4v) is 1.50. The maximum Gasteiger partial charge on any atom is 0.404 e. The second-order valence-corrected chi connectivity index (χ2v) is 3.91. The molecule has 0 spiro atoms. The van der Waals surface area contributed by atoms with Gasteiger partial charge in [-0.05, 0) is 30.7 Å². The molecule has 6 nitrogen and oxygen atoms in total. The highest BCUT2D eigenvalue weighted by molar-refractivity contribution is 5.94. The molecule has 1 aromatic carbocycles. The first-order valence-electron chi connectivity index (χ1n) is 5.95. The van der Waals surface area contributed by atoms with Gasteiger partial charge in [0.25, 0.3) is 5.91 Å². The van der Waals surface area contributed by atoms with Crippen molar-refractivity contribution in [1.82, 2.24) is 5.32 Å². The monoisotopic (exact) mass is 276 g/mol. The molecular weight excluding hydrogens is 260 g/mol. The highest BCUT2D eigenvalue weighted by atomic mass is 16.5. The van der Waals surface area contributed by atoms with Gasteiger partial charge in [0.1, 0.15) is 13.2 Å². The SMILES string of the molecule is Cc1cc(C(=O)NCCOC(N)=O)ccc1C#CCO. The summed E-state index contributed by atoms with van der Waals surface area (Å²) >= 11 is 0. The normalized spacial score (nSPS) is 9.30. The lowest BCUT2D eigenvalue weighted by molar-refractivity contribution is 0.0936. The van der Waals surface area contributed by atoms with Gasteiger partial charge in [0, 0.05) is 11.1 Å². The Bertz CT molecular complexity index is 558. The second-order valence-electron chi connectivity index (χ2n) is 3.91. The Balaban J connectivity index is 2.61. The molecule has 0 saturated heterocycles. The van der Waals surface area contributed by atoms with E-state index in [9.17, 15) is 9.59 Å². The Hall–Kier alpha value is -2.52. The number of rotatable bonds is 4. The van der Waals surface area contributed by atoms with Gasteiger partial charge in [0.2, 0.25) is 0 Å². The summed E-state index contributed by atoms with van der Waals surface area (Å²) in [5.41, 5.74) is 6.87. The summed E-state index contributed by atoms with van der Waals surface area (Å²) < 4.78 is 4.50. The molecular formula is C14H16N2O4. The minimum Gasteiger partial charge on any atom is -0.448 e. The summed E-state index contributed by atoms with van der Waals surface area (Å²) in [5.74, 6) is 5.07. The van der Waals surface area contributed by atoms with Crippen LogP contribution in [0.1, 0.15) is 21.5 Å². The van der Waals surface area contributed by atoms with Gasteiger partial charge < -0.3 is 20.9 Å². The van der Waals surface area contributed by atoms with E-state index in [1.54, 1.807) is 18.2 Å². The zero-order valence-corrected chi connectivity index (χ0v) is 11.1. The fraction of sp³-hybridized carbons (Fsp3) is 0.286. The number of benzene rings is 1. The van der Waals surface area contributed by atoms with Crippen LogP contribution < -0.4 is 11.1 Å². The summed E-state index contributed by atoms with van der Waals surface area (Å²) in [7, 11) is 0. The highest BCUT2D eigenvalue weighted by Gasteiger charge is 2.06. The third kappa shape index (κ3) is 5.00. The first-order valence-corrected chi connectivity index (χ1v) is 5.95. The van der Waals surface area contributed by atoms with Gasteiger partial charge in [0.15, 0.2) is 0 Å². The van der Waals surface area contributed by atoms with E-state index in [1.165, 1.54) is 0 Å². The number of carbonyl (C=O) groups excluding carboxylic acids is 2. The van der Waals surface area contributed by atoms with E-state index in [0.717, 1.165) is 11.1 Å². The predicted molar refractivity (Wildman–Crippen MR) is 73.0 cm³/mol. The molecule has 0 fully saturated rings. The van der Waals surface area contributed by atoms with Crippen LogP contribution in [0.2, 0.25) is 0 Å². The third-order valence-electron chi connectivity index (χ3n) is 2.42. The van der Waals surface area contributed by atoms with Crippen LogP contribution in [0.15, 0.2) is 18.2 Å². The van der Waals surface area contributed by atoms with Crippen molar-refractivity contribution in [1.29, 1.82) is 0 Å². The van der Waals surface area contributed by atoms with Crippen molar-refractivity contribution >= 4 is 12.0 Å². The number of nitrogens with two attached hydrogens (primary N) is 1. The van der Waals surface area contributed by atoms with Gasteiger partial charge in [-0.15, -0.1) is 0 Å². The number of hydrogen-bond acceptors (Lipinski definition) is 4. The number of aryl methyl sites for hydroxylation is 1. The van der Waals surface area contributed by atoms with E-state index < -0.39 is 6.09 Å². The summed E-state index contributed by atoms with van der Waals surface area (Å²) in [6, 6.07) is 5.05. The molecule has 0 aromatic heterocycles. The Morgan fingerprint density at radius 1 is 1.45 bits per heavy atom. The highest BCUT2D eigenvalue weighted by Crippen LogP contribution is 2.10. The molecule has 1 aromatic rings. The lowest BCUT2D eigenvalue weighted by Gasteiger charge is -2.06. The number of nitrogens with one attached hydrogen (secondary N) is 1. The van der Waals surface area contributed by atoms with E-state index in [2.05, 4.69) is 21.9 Å². The van der Waals surface area contributed by atoms with Gasteiger partial charge in [-0.25, -0.2) is 4.79 Å². The minimum absolute atomic E-state index is 0.0279. The van der Waals surface area contributed by atoms with Crippen molar-refractivity contribution < 1.29 is 19.4 Å². The number of hydrogen-bond donors (Lipinski definition) is 3. The lowest BCUT2D eigenvalue weighted by atomic mass is 10.0. The van der Waals surface area contributed by atoms with Crippen molar-refractivity contribution in [3.63, 3.8) is 0 Å². The van der Waals surface area contributed by atoms with E-state index in [0.29, 0.717) is 5.56 Å². The van der Waals surface area contributed by atoms with E-state index in [1.807, 2.05) is 6.92 Å². The Morgan fingerprint density at radius 2 is 2.20 bits per heavy atom. The molecule has 0 aliphatic heterocycles. The third-order valence-corrected chi connectivity index (χ3v) is 2.42. The summed E-state index contributed by atoms with van der Waals surface area (Å²) in [5, 5.41) is 11.2. The number of primary amides is 1. The molecule has 0 aliphatic rings. The van der Waals surface area contributed by atoms with Crippen LogP contribution in [-0.2, 0) is 4.74 Å². The van der Waals surface area contributed by atoms with Gasteiger partial charge in [0.05, 0.1) is 6.54 Å². The summed E-state index contributed by atoms with van der Waals surface area (Å²) in [6.07, 6.45) is -0.873. The van der Waals surface area contributed by atoms with Gasteiger partial charge in [-0.2, -0.15) is 0 Å². The zero-order valence-electron chi connectivity index (χ0n) is 11.1. The number of aliphatic hydroxyl groups excluding tert-OH is 1. The maximum absolute atomic E-state index is 11.8. The molecule has 6 heteroatoms. The van der Waals surface area contributed by atoms with Crippen molar-refractivity contribution in [3.05, 3.63) is 34.9 Å². The lowest BCUT2D eigenvalue weighted by Crippen LogP contribution is -2.29. The van der Waals surface area contributed by atoms with E-state index in [4.69, 9.17) is 10.8 Å². The van der Waals surface area contributed by atoms with Crippen molar-refractivity contribution in [2.75, 3.05) is 19.8 Å². The standard InChI is InChI=1S/C14H16N2O4/c1-10-9-12(5-4-11(10)3-2-7-17)13(18)16-6-8-20-14(15)19/h4-5,9,17H,6-8H2,1H3,(H2,15,19)(H,16,18). The van der Waals surface area contributed by atoms with Crippen LogP contribution in [0, 0.1) is 18.8 Å². The van der Waals surface area contributed by atoms with Crippen molar-refractivity contribution in [3.8, 4) is 11.8 Å². The van der Waals surface area contributed by atoms with Crippen LogP contribution in [0.25, 0.3) is 0 Å². The predicted octanol–water partition coefficient (Wildman–Crippen LogP) is 0.164. The van der Waals surface area contributed by atoms with Crippen LogP contribution in [0.4, 0.5) is 4.79 Å². The van der Waals surface area contributed by atoms with E-state index in [-0.39, 0.29) is 25.7 Å². The van der Waals surface area contributed by atoms with Crippen LogP contribution >= 0.6 is 0 Å². The Morgan fingerprint density at radius 3 is 2.80 bits per heavy atom. The molecule has 20 heavy (non-hydrogen) atoms. The van der Waals surface area contributed by atoms with Crippen LogP contribution in [0.5, 0.6) is 0 Å². The number of carbonyl (C=O) groups is 2. The van der Waals surface area contributed by atoms with E-state index >= 15 is 0 Å². The largest absolute Gasteiger partial charge is 0.448 e. The molecule has 1 rings (SSSR count). The molecule has 106 valence electrons. The quantitative estimate of drug-likeness (QED) is 0.538. The molecule has 4 N–H and O–H groups in total. The molecule has 0 saturated carbocycles. The topological polar surface area (TPSA) is 102 Å². The van der Waals surface area contributed by atoms with Gasteiger partial charge >= 0.3 is 6.09 Å². The molecule has 0 atom stereocenters. The average Bonchev–Trinajstić information content (AvgIpc) is 2.41. The van der Waals surface area contributed by atoms with Crippen LogP contribution in [0.3, 0.4) is 0 Å². The number of aliphatic hydroxyl groups is 1.